The molecule has 1 aromatic carbocycles. The predicted octanol–water partition coefficient (Wildman–Crippen LogP) is 2.68. The fourth-order valence-corrected chi connectivity index (χ4v) is 3.04. The molecule has 1 aromatic heterocycles. The molecule has 0 atom stereocenters. The molecular formula is C17H25N3O4S. The van der Waals surface area contributed by atoms with Gasteiger partial charge < -0.3 is 9.26 Å². The Labute approximate surface area is 148 Å². The van der Waals surface area contributed by atoms with Crippen molar-refractivity contribution in [1.29, 1.82) is 0 Å². The quantitative estimate of drug-likeness (QED) is 0.808. The Morgan fingerprint density at radius 3 is 2.36 bits per heavy atom. The van der Waals surface area contributed by atoms with E-state index in [1.807, 2.05) is 34.6 Å². The lowest BCUT2D eigenvalue weighted by Crippen LogP contribution is -2.26. The Balaban J connectivity index is 1.94. The molecule has 0 radical (unpaired) electrons. The second kappa shape index (κ2) is 7.53. The van der Waals surface area contributed by atoms with Crippen molar-refractivity contribution in [2.45, 2.75) is 57.5 Å². The summed E-state index contributed by atoms with van der Waals surface area (Å²) in [6.45, 7) is 9.93. The highest BCUT2D eigenvalue weighted by atomic mass is 32.2. The van der Waals surface area contributed by atoms with E-state index in [9.17, 15) is 8.42 Å². The van der Waals surface area contributed by atoms with Crippen molar-refractivity contribution in [1.82, 2.24) is 14.9 Å². The highest BCUT2D eigenvalue weighted by Gasteiger charge is 2.22. The summed E-state index contributed by atoms with van der Waals surface area (Å²) < 4.78 is 37.8. The van der Waals surface area contributed by atoms with E-state index < -0.39 is 10.0 Å². The third-order valence-corrected chi connectivity index (χ3v) is 4.73. The van der Waals surface area contributed by atoms with Gasteiger partial charge in [0.05, 0.1) is 11.0 Å². The number of aromatic nitrogens is 2. The number of ether oxygens (including phenoxy) is 1. The SMILES string of the molecule is CC(C)Oc1ccc(S(=O)(=O)NCCc2noc(C(C)(C)C)n2)cc1. The maximum Gasteiger partial charge on any atom is 0.240 e. The fourth-order valence-electron chi connectivity index (χ4n) is 2.01. The van der Waals surface area contributed by atoms with Crippen LogP contribution in [0.4, 0.5) is 0 Å². The van der Waals surface area contributed by atoms with Crippen LogP contribution in [0.3, 0.4) is 0 Å². The molecule has 2 aromatic rings. The standard InChI is InChI=1S/C17H25N3O4S/c1-12(2)23-13-6-8-14(9-7-13)25(21,22)18-11-10-15-19-16(24-20-15)17(3,4)5/h6-9,12,18H,10-11H2,1-5H3. The Kier molecular flexibility index (Phi) is 5.84. The Hall–Kier alpha value is -1.93. The van der Waals surface area contributed by atoms with Crippen LogP contribution in [0.2, 0.25) is 0 Å². The molecule has 0 aliphatic heterocycles. The minimum Gasteiger partial charge on any atom is -0.491 e. The van der Waals surface area contributed by atoms with Gasteiger partial charge in [-0.05, 0) is 38.1 Å². The first kappa shape index (κ1) is 19.4. The van der Waals surface area contributed by atoms with E-state index in [1.54, 1.807) is 12.1 Å². The largest absolute Gasteiger partial charge is 0.491 e. The second-order valence-corrected chi connectivity index (χ2v) is 8.82. The van der Waals surface area contributed by atoms with Crippen LogP contribution in [0, 0.1) is 0 Å². The Bertz CT molecular complexity index is 790. The van der Waals surface area contributed by atoms with Gasteiger partial charge in [-0.15, -0.1) is 0 Å². The first-order valence-corrected chi connectivity index (χ1v) is 9.66. The van der Waals surface area contributed by atoms with Crippen molar-refractivity contribution in [3.8, 4) is 5.75 Å². The number of nitrogens with one attached hydrogen (secondary N) is 1. The van der Waals surface area contributed by atoms with Crippen LogP contribution in [0.1, 0.15) is 46.3 Å². The van der Waals surface area contributed by atoms with Crippen molar-refractivity contribution in [2.24, 2.45) is 0 Å². The van der Waals surface area contributed by atoms with Crippen LogP contribution in [0.25, 0.3) is 0 Å². The zero-order chi connectivity index (χ0) is 18.7. The van der Waals surface area contributed by atoms with Crippen molar-refractivity contribution >= 4 is 10.0 Å². The third kappa shape index (κ3) is 5.54. The molecule has 0 aliphatic carbocycles. The molecule has 0 spiro atoms. The topological polar surface area (TPSA) is 94.3 Å². The first-order chi connectivity index (χ1) is 11.6. The molecule has 0 saturated carbocycles. The normalized spacial score (nSPS) is 12.6. The minimum atomic E-state index is -3.59. The molecule has 0 bridgehead atoms. The van der Waals surface area contributed by atoms with E-state index in [1.165, 1.54) is 12.1 Å². The smallest absolute Gasteiger partial charge is 0.240 e. The van der Waals surface area contributed by atoms with Gasteiger partial charge in [0.25, 0.3) is 0 Å². The van der Waals surface area contributed by atoms with Gasteiger partial charge >= 0.3 is 0 Å². The van der Waals surface area contributed by atoms with Crippen molar-refractivity contribution < 1.29 is 17.7 Å². The van der Waals surface area contributed by atoms with E-state index in [4.69, 9.17) is 9.26 Å². The van der Waals surface area contributed by atoms with Crippen LogP contribution < -0.4 is 9.46 Å². The Morgan fingerprint density at radius 1 is 1.20 bits per heavy atom. The monoisotopic (exact) mass is 367 g/mol. The fraction of sp³-hybridized carbons (Fsp3) is 0.529. The summed E-state index contributed by atoms with van der Waals surface area (Å²) in [5.74, 6) is 1.65. The highest BCUT2D eigenvalue weighted by molar-refractivity contribution is 7.89. The summed E-state index contributed by atoms with van der Waals surface area (Å²) in [5.41, 5.74) is -0.232. The molecule has 1 heterocycles. The molecule has 8 heteroatoms. The van der Waals surface area contributed by atoms with Crippen molar-refractivity contribution in [2.75, 3.05) is 6.54 Å². The number of sulfonamides is 1. The summed E-state index contributed by atoms with van der Waals surface area (Å²) in [6, 6.07) is 6.32. The van der Waals surface area contributed by atoms with Gasteiger partial charge in [0.15, 0.2) is 5.82 Å². The molecule has 0 amide bonds. The zero-order valence-corrected chi connectivity index (χ0v) is 16.1. The van der Waals surface area contributed by atoms with Crippen LogP contribution in [-0.2, 0) is 21.9 Å². The summed E-state index contributed by atoms with van der Waals surface area (Å²) in [5, 5.41) is 3.88. The zero-order valence-electron chi connectivity index (χ0n) is 15.2. The van der Waals surface area contributed by atoms with Crippen LogP contribution in [0.5, 0.6) is 5.75 Å². The molecule has 0 aliphatic rings. The number of nitrogens with zero attached hydrogens (tertiary/aromatic N) is 2. The molecule has 0 unspecified atom stereocenters. The van der Waals surface area contributed by atoms with Crippen LogP contribution >= 0.6 is 0 Å². The molecule has 138 valence electrons. The van der Waals surface area contributed by atoms with Gasteiger partial charge in [-0.25, -0.2) is 13.1 Å². The molecule has 1 N–H and O–H groups in total. The summed E-state index contributed by atoms with van der Waals surface area (Å²) in [4.78, 5) is 4.47. The van der Waals surface area contributed by atoms with Gasteiger partial charge in [-0.1, -0.05) is 25.9 Å². The van der Waals surface area contributed by atoms with E-state index in [0.717, 1.165) is 0 Å². The summed E-state index contributed by atoms with van der Waals surface area (Å²) >= 11 is 0. The minimum absolute atomic E-state index is 0.0357. The van der Waals surface area contributed by atoms with Crippen LogP contribution in [0.15, 0.2) is 33.7 Å². The number of benzene rings is 1. The molecule has 2 rings (SSSR count). The predicted molar refractivity (Wildman–Crippen MR) is 94.1 cm³/mol. The van der Waals surface area contributed by atoms with E-state index in [-0.39, 0.29) is 23.0 Å². The highest BCUT2D eigenvalue weighted by Crippen LogP contribution is 2.20. The molecular weight excluding hydrogens is 342 g/mol. The summed E-state index contributed by atoms with van der Waals surface area (Å²) in [7, 11) is -3.59. The van der Waals surface area contributed by atoms with Crippen molar-refractivity contribution in [3.05, 3.63) is 36.0 Å². The average Bonchev–Trinajstić information content (AvgIpc) is 2.96. The van der Waals surface area contributed by atoms with Gasteiger partial charge in [0, 0.05) is 18.4 Å². The maximum absolute atomic E-state index is 12.3. The average molecular weight is 367 g/mol. The van der Waals surface area contributed by atoms with E-state index in [2.05, 4.69) is 14.9 Å². The molecule has 25 heavy (non-hydrogen) atoms. The molecule has 0 fully saturated rings. The van der Waals surface area contributed by atoms with Gasteiger partial charge in [-0.2, -0.15) is 4.98 Å². The lowest BCUT2D eigenvalue weighted by molar-refractivity contribution is 0.242. The van der Waals surface area contributed by atoms with Gasteiger partial charge in [-0.3, -0.25) is 0 Å². The molecule has 7 nitrogen and oxygen atoms in total. The van der Waals surface area contributed by atoms with Crippen molar-refractivity contribution in [3.63, 3.8) is 0 Å². The van der Waals surface area contributed by atoms with E-state index in [0.29, 0.717) is 23.9 Å². The first-order valence-electron chi connectivity index (χ1n) is 8.17. The lowest BCUT2D eigenvalue weighted by atomic mass is 9.97. The lowest BCUT2D eigenvalue weighted by Gasteiger charge is -2.11. The van der Waals surface area contributed by atoms with Crippen LogP contribution in [-0.4, -0.2) is 31.2 Å². The maximum atomic E-state index is 12.3. The summed E-state index contributed by atoms with van der Waals surface area (Å²) in [6.07, 6.45) is 0.390. The third-order valence-electron chi connectivity index (χ3n) is 3.26. The van der Waals surface area contributed by atoms with Gasteiger partial charge in [0.2, 0.25) is 15.9 Å². The van der Waals surface area contributed by atoms with Gasteiger partial charge in [0.1, 0.15) is 5.75 Å². The van der Waals surface area contributed by atoms with E-state index >= 15 is 0 Å². The Morgan fingerprint density at radius 2 is 1.84 bits per heavy atom. The second-order valence-electron chi connectivity index (χ2n) is 7.05. The number of hydrogen-bond donors (Lipinski definition) is 1. The molecule has 0 saturated heterocycles. The number of rotatable bonds is 7. The number of hydrogen-bond acceptors (Lipinski definition) is 6.